The predicted octanol–water partition coefficient (Wildman–Crippen LogP) is 3.89. The molecule has 172 valence electrons. The second-order valence-corrected chi connectivity index (χ2v) is 8.45. The highest BCUT2D eigenvalue weighted by atomic mass is 16.5. The Hall–Kier alpha value is -3.38. The molecule has 0 spiro atoms. The van der Waals surface area contributed by atoms with Crippen LogP contribution in [0.15, 0.2) is 66.7 Å². The van der Waals surface area contributed by atoms with E-state index < -0.39 is 0 Å². The molecule has 1 aliphatic rings. The Morgan fingerprint density at radius 2 is 1.52 bits per heavy atom. The number of ketones is 1. The van der Waals surface area contributed by atoms with E-state index in [9.17, 15) is 9.59 Å². The van der Waals surface area contributed by atoms with Crippen LogP contribution in [0.3, 0.4) is 0 Å². The van der Waals surface area contributed by atoms with E-state index in [1.54, 1.807) is 0 Å². The molecule has 1 amide bonds. The summed E-state index contributed by atoms with van der Waals surface area (Å²) in [7, 11) is 0. The number of carbonyl (C=O) groups is 2. The first-order valence-electron chi connectivity index (χ1n) is 11.5. The zero-order valence-corrected chi connectivity index (χ0v) is 19.4. The first kappa shape index (κ1) is 22.8. The first-order chi connectivity index (χ1) is 16.0. The highest BCUT2D eigenvalue weighted by Gasteiger charge is 2.24. The fourth-order valence-corrected chi connectivity index (χ4v) is 4.39. The standard InChI is InChI=1S/C27H31N3O3/c1-21-19-25(22(2)30(21)23-9-5-3-6-10-23)26(31)20-28-14-16-29(17-15-28)27(32)13-18-33-24-11-7-4-8-12-24/h3-12,19H,13-18,20H2,1-2H3. The average Bonchev–Trinajstić information content (AvgIpc) is 3.14. The lowest BCUT2D eigenvalue weighted by Crippen LogP contribution is -2.50. The van der Waals surface area contributed by atoms with Gasteiger partial charge < -0.3 is 14.2 Å². The van der Waals surface area contributed by atoms with Crippen molar-refractivity contribution in [2.75, 3.05) is 39.3 Å². The van der Waals surface area contributed by atoms with Gasteiger partial charge in [0.2, 0.25) is 5.91 Å². The monoisotopic (exact) mass is 445 g/mol. The summed E-state index contributed by atoms with van der Waals surface area (Å²) in [5.74, 6) is 1.00. The number of hydrogen-bond acceptors (Lipinski definition) is 4. The van der Waals surface area contributed by atoms with Crippen LogP contribution in [-0.2, 0) is 4.79 Å². The van der Waals surface area contributed by atoms with Crippen molar-refractivity contribution in [2.24, 2.45) is 0 Å². The Morgan fingerprint density at radius 1 is 0.879 bits per heavy atom. The van der Waals surface area contributed by atoms with E-state index in [1.807, 2.05) is 73.3 Å². The molecular weight excluding hydrogens is 414 g/mol. The van der Waals surface area contributed by atoms with Crippen LogP contribution in [-0.4, -0.2) is 65.4 Å². The molecule has 2 aromatic carbocycles. The minimum absolute atomic E-state index is 0.100. The zero-order valence-electron chi connectivity index (χ0n) is 19.4. The summed E-state index contributed by atoms with van der Waals surface area (Å²) in [5, 5.41) is 0. The van der Waals surface area contributed by atoms with Gasteiger partial charge in [0.1, 0.15) is 5.75 Å². The second-order valence-electron chi connectivity index (χ2n) is 8.45. The predicted molar refractivity (Wildman–Crippen MR) is 129 cm³/mol. The van der Waals surface area contributed by atoms with Crippen LogP contribution in [0.2, 0.25) is 0 Å². The van der Waals surface area contributed by atoms with E-state index in [4.69, 9.17) is 4.74 Å². The number of rotatable bonds is 8. The fraction of sp³-hybridized carbons (Fsp3) is 0.333. The van der Waals surface area contributed by atoms with Crippen molar-refractivity contribution >= 4 is 11.7 Å². The van der Waals surface area contributed by atoms with Gasteiger partial charge in [-0.25, -0.2) is 0 Å². The lowest BCUT2D eigenvalue weighted by molar-refractivity contribution is -0.133. The van der Waals surface area contributed by atoms with E-state index in [0.29, 0.717) is 45.8 Å². The van der Waals surface area contributed by atoms with E-state index in [-0.39, 0.29) is 11.7 Å². The Balaban J connectivity index is 1.27. The molecule has 0 bridgehead atoms. The van der Waals surface area contributed by atoms with E-state index in [0.717, 1.165) is 28.4 Å². The number of aromatic nitrogens is 1. The van der Waals surface area contributed by atoms with Gasteiger partial charge in [-0.1, -0.05) is 36.4 Å². The number of benzene rings is 2. The summed E-state index contributed by atoms with van der Waals surface area (Å²) in [6, 6.07) is 21.6. The minimum atomic E-state index is 0.100. The van der Waals surface area contributed by atoms with E-state index in [1.165, 1.54) is 0 Å². The van der Waals surface area contributed by atoms with Crippen LogP contribution in [0.5, 0.6) is 5.75 Å². The molecule has 0 aliphatic carbocycles. The van der Waals surface area contributed by atoms with Crippen molar-refractivity contribution in [3.63, 3.8) is 0 Å². The zero-order chi connectivity index (χ0) is 23.2. The van der Waals surface area contributed by atoms with Gasteiger partial charge in [0.25, 0.3) is 0 Å². The van der Waals surface area contributed by atoms with Crippen molar-refractivity contribution < 1.29 is 14.3 Å². The lowest BCUT2D eigenvalue weighted by atomic mass is 10.1. The van der Waals surface area contributed by atoms with Gasteiger partial charge in [0.05, 0.1) is 19.6 Å². The van der Waals surface area contributed by atoms with Gasteiger partial charge in [-0.2, -0.15) is 0 Å². The normalized spacial score (nSPS) is 14.3. The summed E-state index contributed by atoms with van der Waals surface area (Å²) in [6.45, 7) is 7.46. The molecule has 0 saturated carbocycles. The highest BCUT2D eigenvalue weighted by molar-refractivity contribution is 5.99. The van der Waals surface area contributed by atoms with Crippen molar-refractivity contribution in [2.45, 2.75) is 20.3 Å². The van der Waals surface area contributed by atoms with Gasteiger partial charge in [-0.3, -0.25) is 14.5 Å². The molecule has 2 heterocycles. The number of nitrogens with zero attached hydrogens (tertiary/aromatic N) is 3. The number of para-hydroxylation sites is 2. The fourth-order valence-electron chi connectivity index (χ4n) is 4.39. The molecule has 0 radical (unpaired) electrons. The molecule has 1 saturated heterocycles. The molecule has 0 unspecified atom stereocenters. The van der Waals surface area contributed by atoms with E-state index >= 15 is 0 Å². The number of hydrogen-bond donors (Lipinski definition) is 0. The number of carbonyl (C=O) groups excluding carboxylic acids is 2. The lowest BCUT2D eigenvalue weighted by Gasteiger charge is -2.34. The number of piperazine rings is 1. The minimum Gasteiger partial charge on any atom is -0.493 e. The van der Waals surface area contributed by atoms with Crippen LogP contribution >= 0.6 is 0 Å². The Bertz CT molecular complexity index is 1080. The summed E-state index contributed by atoms with van der Waals surface area (Å²) >= 11 is 0. The maximum Gasteiger partial charge on any atom is 0.226 e. The summed E-state index contributed by atoms with van der Waals surface area (Å²) in [6.07, 6.45) is 0.360. The smallest absolute Gasteiger partial charge is 0.226 e. The average molecular weight is 446 g/mol. The van der Waals surface area contributed by atoms with Gasteiger partial charge in [-0.05, 0) is 44.2 Å². The van der Waals surface area contributed by atoms with Crippen LogP contribution < -0.4 is 4.74 Å². The maximum atomic E-state index is 13.1. The molecule has 6 nitrogen and oxygen atoms in total. The van der Waals surface area contributed by atoms with Gasteiger partial charge in [0, 0.05) is 48.8 Å². The molecule has 4 rings (SSSR count). The third-order valence-electron chi connectivity index (χ3n) is 6.17. The summed E-state index contributed by atoms with van der Waals surface area (Å²) in [5.41, 5.74) is 3.86. The second kappa shape index (κ2) is 10.5. The number of Topliss-reactive ketones (excluding diaryl/α,β-unsaturated/α-hetero) is 1. The van der Waals surface area contributed by atoms with E-state index in [2.05, 4.69) is 21.6 Å². The molecule has 0 N–H and O–H groups in total. The molecule has 1 aromatic heterocycles. The molecular formula is C27H31N3O3. The third kappa shape index (κ3) is 5.52. The Labute approximate surface area is 195 Å². The Morgan fingerprint density at radius 3 is 2.18 bits per heavy atom. The first-order valence-corrected chi connectivity index (χ1v) is 11.5. The molecule has 33 heavy (non-hydrogen) atoms. The molecule has 0 atom stereocenters. The van der Waals surface area contributed by atoms with Gasteiger partial charge in [-0.15, -0.1) is 0 Å². The van der Waals surface area contributed by atoms with Crippen molar-refractivity contribution in [3.8, 4) is 11.4 Å². The van der Waals surface area contributed by atoms with Crippen LogP contribution in [0, 0.1) is 13.8 Å². The van der Waals surface area contributed by atoms with Crippen LogP contribution in [0.4, 0.5) is 0 Å². The van der Waals surface area contributed by atoms with Gasteiger partial charge >= 0.3 is 0 Å². The van der Waals surface area contributed by atoms with Crippen molar-refractivity contribution in [3.05, 3.63) is 83.7 Å². The largest absolute Gasteiger partial charge is 0.493 e. The molecule has 3 aromatic rings. The Kier molecular flexibility index (Phi) is 7.25. The topological polar surface area (TPSA) is 54.8 Å². The van der Waals surface area contributed by atoms with Crippen molar-refractivity contribution in [1.29, 1.82) is 0 Å². The van der Waals surface area contributed by atoms with Crippen LogP contribution in [0.25, 0.3) is 5.69 Å². The molecule has 1 fully saturated rings. The molecule has 1 aliphatic heterocycles. The van der Waals surface area contributed by atoms with Gasteiger partial charge in [0.15, 0.2) is 5.78 Å². The number of amides is 1. The SMILES string of the molecule is Cc1cc(C(=O)CN2CCN(C(=O)CCOc3ccccc3)CC2)c(C)n1-c1ccccc1. The van der Waals surface area contributed by atoms with Crippen molar-refractivity contribution in [1.82, 2.24) is 14.4 Å². The van der Waals surface area contributed by atoms with Crippen LogP contribution in [0.1, 0.15) is 28.2 Å². The number of ether oxygens (including phenoxy) is 1. The highest BCUT2D eigenvalue weighted by Crippen LogP contribution is 2.21. The summed E-state index contributed by atoms with van der Waals surface area (Å²) < 4.78 is 7.77. The quantitative estimate of drug-likeness (QED) is 0.494. The maximum absolute atomic E-state index is 13.1. The number of aryl methyl sites for hydroxylation is 1. The third-order valence-corrected chi connectivity index (χ3v) is 6.17. The summed E-state index contributed by atoms with van der Waals surface area (Å²) in [4.78, 5) is 29.6. The molecule has 6 heteroatoms.